The van der Waals surface area contributed by atoms with E-state index in [0.29, 0.717) is 5.56 Å². The van der Waals surface area contributed by atoms with Crippen molar-refractivity contribution < 1.29 is 45.1 Å². The van der Waals surface area contributed by atoms with Crippen LogP contribution in [0.2, 0.25) is 0 Å². The van der Waals surface area contributed by atoms with Crippen molar-refractivity contribution in [3.8, 4) is 0 Å². The van der Waals surface area contributed by atoms with E-state index in [0.717, 1.165) is 0 Å². The van der Waals surface area contributed by atoms with E-state index in [9.17, 15) is 40.3 Å². The standard InChI is InChI=1S/C16H12F7NO3/c17-14(18,15(19,20)16(21,22)23)12(26)24-7-5-13(6-8-24)10-4-2-1-3-9(10)11(25)27-13/h1-4H,5-8H2. The minimum absolute atomic E-state index is 0.199. The summed E-state index contributed by atoms with van der Waals surface area (Å²) in [7, 11) is 0. The summed E-state index contributed by atoms with van der Waals surface area (Å²) < 4.78 is 95.4. The molecule has 2 aliphatic rings. The van der Waals surface area contributed by atoms with Gasteiger partial charge in [-0.15, -0.1) is 0 Å². The summed E-state index contributed by atoms with van der Waals surface area (Å²) in [5.41, 5.74) is -0.493. The highest BCUT2D eigenvalue weighted by molar-refractivity contribution is 5.94. The van der Waals surface area contributed by atoms with Crippen molar-refractivity contribution in [1.82, 2.24) is 4.90 Å². The molecule has 3 rings (SSSR count). The van der Waals surface area contributed by atoms with E-state index < -0.39 is 48.6 Å². The van der Waals surface area contributed by atoms with Crippen LogP contribution in [0.3, 0.4) is 0 Å². The number of halogens is 7. The largest absolute Gasteiger partial charge is 0.460 e. The average molecular weight is 399 g/mol. The first kappa shape index (κ1) is 19.4. The van der Waals surface area contributed by atoms with Crippen molar-refractivity contribution >= 4 is 11.9 Å². The Hall–Kier alpha value is -2.33. The number of carbonyl (C=O) groups excluding carboxylic acids is 2. The summed E-state index contributed by atoms with van der Waals surface area (Å²) >= 11 is 0. The van der Waals surface area contributed by atoms with Crippen LogP contribution < -0.4 is 0 Å². The molecule has 4 nitrogen and oxygen atoms in total. The molecule has 148 valence electrons. The third kappa shape index (κ3) is 2.74. The lowest BCUT2D eigenvalue weighted by atomic mass is 9.83. The molecule has 0 atom stereocenters. The van der Waals surface area contributed by atoms with E-state index in [2.05, 4.69) is 0 Å². The van der Waals surface area contributed by atoms with Crippen molar-refractivity contribution in [2.45, 2.75) is 36.5 Å². The number of nitrogens with zero attached hydrogens (tertiary/aromatic N) is 1. The van der Waals surface area contributed by atoms with Crippen LogP contribution in [0, 0.1) is 0 Å². The number of esters is 1. The van der Waals surface area contributed by atoms with E-state index in [1.165, 1.54) is 6.07 Å². The SMILES string of the molecule is O=C1OC2(CCN(C(=O)C(F)(F)C(F)(F)C(F)(F)F)CC2)c2ccccc21. The Morgan fingerprint density at radius 1 is 1.00 bits per heavy atom. The molecule has 1 amide bonds. The monoisotopic (exact) mass is 399 g/mol. The zero-order chi connectivity index (χ0) is 20.3. The maximum absolute atomic E-state index is 13.6. The minimum atomic E-state index is -6.58. The molecule has 1 spiro atoms. The summed E-state index contributed by atoms with van der Waals surface area (Å²) in [6.07, 6.45) is -6.98. The first-order chi connectivity index (χ1) is 12.3. The number of likely N-dealkylation sites (tertiary alicyclic amines) is 1. The maximum atomic E-state index is 13.6. The normalized spacial score (nSPS) is 19.8. The molecule has 1 saturated heterocycles. The predicted molar refractivity (Wildman–Crippen MR) is 75.3 cm³/mol. The van der Waals surface area contributed by atoms with E-state index in [1.807, 2.05) is 0 Å². The number of amides is 1. The van der Waals surface area contributed by atoms with Gasteiger partial charge in [-0.25, -0.2) is 4.79 Å². The lowest BCUT2D eigenvalue weighted by Gasteiger charge is -2.40. The molecule has 27 heavy (non-hydrogen) atoms. The van der Waals surface area contributed by atoms with Gasteiger partial charge in [0.25, 0.3) is 5.91 Å². The van der Waals surface area contributed by atoms with Gasteiger partial charge >= 0.3 is 24.0 Å². The Morgan fingerprint density at radius 3 is 2.11 bits per heavy atom. The van der Waals surface area contributed by atoms with Crippen molar-refractivity contribution in [3.05, 3.63) is 35.4 Å². The molecule has 11 heteroatoms. The summed E-state index contributed by atoms with van der Waals surface area (Å²) in [6.45, 7) is -1.13. The highest BCUT2D eigenvalue weighted by Crippen LogP contribution is 2.49. The van der Waals surface area contributed by atoms with Gasteiger partial charge < -0.3 is 9.64 Å². The zero-order valence-corrected chi connectivity index (χ0v) is 13.5. The van der Waals surface area contributed by atoms with Gasteiger partial charge in [-0.3, -0.25) is 4.79 Å². The first-order valence-electron chi connectivity index (χ1n) is 7.78. The summed E-state index contributed by atoms with van der Waals surface area (Å²) in [4.78, 5) is 23.9. The Bertz CT molecular complexity index is 782. The van der Waals surface area contributed by atoms with Gasteiger partial charge in [-0.2, -0.15) is 30.7 Å². The first-order valence-corrected chi connectivity index (χ1v) is 7.78. The van der Waals surface area contributed by atoms with Crippen LogP contribution in [0.5, 0.6) is 0 Å². The Labute approximate surface area is 147 Å². The summed E-state index contributed by atoms with van der Waals surface area (Å²) in [5.74, 6) is -15.7. The van der Waals surface area contributed by atoms with Crippen molar-refractivity contribution in [2.24, 2.45) is 0 Å². The molecule has 2 heterocycles. The number of rotatable bonds is 2. The molecule has 2 aliphatic heterocycles. The second-order valence-electron chi connectivity index (χ2n) is 6.37. The fraction of sp³-hybridized carbons (Fsp3) is 0.500. The van der Waals surface area contributed by atoms with Crippen LogP contribution >= 0.6 is 0 Å². The van der Waals surface area contributed by atoms with E-state index in [4.69, 9.17) is 4.74 Å². The number of hydrogen-bond donors (Lipinski definition) is 0. The number of carbonyl (C=O) groups is 2. The van der Waals surface area contributed by atoms with Crippen molar-refractivity contribution in [3.63, 3.8) is 0 Å². The second-order valence-corrected chi connectivity index (χ2v) is 6.37. The topological polar surface area (TPSA) is 46.6 Å². The van der Waals surface area contributed by atoms with Gasteiger partial charge in [-0.05, 0) is 6.07 Å². The van der Waals surface area contributed by atoms with Gasteiger partial charge in [0, 0.05) is 31.5 Å². The zero-order valence-electron chi connectivity index (χ0n) is 13.5. The van der Waals surface area contributed by atoms with Gasteiger partial charge in [0.15, 0.2) is 0 Å². The Kier molecular flexibility index (Phi) is 4.20. The molecule has 0 saturated carbocycles. The highest BCUT2D eigenvalue weighted by Gasteiger charge is 2.77. The third-order valence-electron chi connectivity index (χ3n) is 4.80. The number of hydrogen-bond acceptors (Lipinski definition) is 3. The van der Waals surface area contributed by atoms with Crippen LogP contribution in [-0.4, -0.2) is 47.9 Å². The Morgan fingerprint density at radius 2 is 1.56 bits per heavy atom. The van der Waals surface area contributed by atoms with E-state index in [1.54, 1.807) is 18.2 Å². The smallest absolute Gasteiger partial charge is 0.450 e. The number of alkyl halides is 7. The highest BCUT2D eigenvalue weighted by atomic mass is 19.4. The van der Waals surface area contributed by atoms with Crippen LogP contribution in [-0.2, 0) is 15.1 Å². The second kappa shape index (κ2) is 5.83. The van der Waals surface area contributed by atoms with Crippen LogP contribution in [0.1, 0.15) is 28.8 Å². The number of benzene rings is 1. The molecule has 0 unspecified atom stereocenters. The number of piperidine rings is 1. The lowest BCUT2D eigenvalue weighted by molar-refractivity contribution is -0.346. The number of ether oxygens (including phenoxy) is 1. The lowest BCUT2D eigenvalue weighted by Crippen LogP contribution is -2.61. The molecular formula is C16H12F7NO3. The molecule has 1 aromatic carbocycles. The van der Waals surface area contributed by atoms with E-state index in [-0.39, 0.29) is 23.3 Å². The van der Waals surface area contributed by atoms with Gasteiger partial charge in [0.2, 0.25) is 0 Å². The maximum Gasteiger partial charge on any atom is 0.460 e. The number of fused-ring (bicyclic) bond motifs is 2. The average Bonchev–Trinajstić information content (AvgIpc) is 2.86. The van der Waals surface area contributed by atoms with Gasteiger partial charge in [0.05, 0.1) is 5.56 Å². The minimum Gasteiger partial charge on any atom is -0.450 e. The fourth-order valence-electron chi connectivity index (χ4n) is 3.30. The summed E-state index contributed by atoms with van der Waals surface area (Å²) in [5, 5.41) is 0. The van der Waals surface area contributed by atoms with Crippen LogP contribution in [0.4, 0.5) is 30.7 Å². The molecular weight excluding hydrogens is 387 g/mol. The Balaban J connectivity index is 1.79. The fourth-order valence-corrected chi connectivity index (χ4v) is 3.30. The van der Waals surface area contributed by atoms with Gasteiger partial charge in [-0.1, -0.05) is 18.2 Å². The van der Waals surface area contributed by atoms with Gasteiger partial charge in [0.1, 0.15) is 5.60 Å². The molecule has 0 N–H and O–H groups in total. The molecule has 0 radical (unpaired) electrons. The molecule has 1 fully saturated rings. The van der Waals surface area contributed by atoms with Crippen LogP contribution in [0.15, 0.2) is 24.3 Å². The van der Waals surface area contributed by atoms with E-state index >= 15 is 0 Å². The molecule has 0 aromatic heterocycles. The van der Waals surface area contributed by atoms with Crippen molar-refractivity contribution in [2.75, 3.05) is 13.1 Å². The molecule has 0 aliphatic carbocycles. The van der Waals surface area contributed by atoms with Crippen molar-refractivity contribution in [1.29, 1.82) is 0 Å². The van der Waals surface area contributed by atoms with Crippen LogP contribution in [0.25, 0.3) is 0 Å². The molecule has 0 bridgehead atoms. The quantitative estimate of drug-likeness (QED) is 0.565. The molecule has 1 aromatic rings. The predicted octanol–water partition coefficient (Wildman–Crippen LogP) is 3.51. The third-order valence-corrected chi connectivity index (χ3v) is 4.80. The summed E-state index contributed by atoms with van der Waals surface area (Å²) in [6, 6.07) is 6.25.